The number of hydrogen-bond acceptors (Lipinski definition) is 2. The predicted octanol–water partition coefficient (Wildman–Crippen LogP) is 3.58. The molecule has 1 heterocycles. The second-order valence-electron chi connectivity index (χ2n) is 4.84. The third-order valence-corrected chi connectivity index (χ3v) is 4.58. The van der Waals surface area contributed by atoms with E-state index in [-0.39, 0.29) is 0 Å². The second-order valence-corrected chi connectivity index (χ2v) is 6.64. The molecular weight excluding hydrogens is 226 g/mol. The van der Waals surface area contributed by atoms with Gasteiger partial charge in [0.05, 0.1) is 4.34 Å². The monoisotopic (exact) mass is 243 g/mol. The maximum atomic E-state index is 5.96. The highest BCUT2D eigenvalue weighted by Crippen LogP contribution is 2.47. The Morgan fingerprint density at radius 2 is 2.27 bits per heavy atom. The molecule has 84 valence electrons. The Labute approximate surface area is 101 Å². The number of thiophene rings is 1. The van der Waals surface area contributed by atoms with E-state index >= 15 is 0 Å². The largest absolute Gasteiger partial charge is 0.319 e. The molecule has 0 radical (unpaired) electrons. The van der Waals surface area contributed by atoms with Gasteiger partial charge in [0.15, 0.2) is 0 Å². The quantitative estimate of drug-likeness (QED) is 0.834. The van der Waals surface area contributed by atoms with E-state index in [1.54, 1.807) is 11.3 Å². The van der Waals surface area contributed by atoms with E-state index in [0.717, 1.165) is 23.2 Å². The Hall–Kier alpha value is -0.0500. The topological polar surface area (TPSA) is 12.0 Å². The summed E-state index contributed by atoms with van der Waals surface area (Å²) in [5.41, 5.74) is 0.420. The van der Waals surface area contributed by atoms with Gasteiger partial charge in [0.25, 0.3) is 0 Å². The van der Waals surface area contributed by atoms with Gasteiger partial charge in [-0.25, -0.2) is 0 Å². The van der Waals surface area contributed by atoms with Gasteiger partial charge in [-0.2, -0.15) is 0 Å². The van der Waals surface area contributed by atoms with Crippen molar-refractivity contribution in [1.82, 2.24) is 5.32 Å². The Balaban J connectivity index is 2.06. The van der Waals surface area contributed by atoms with Crippen LogP contribution in [0.15, 0.2) is 12.1 Å². The number of hydrogen-bond donors (Lipinski definition) is 1. The zero-order valence-corrected chi connectivity index (χ0v) is 10.9. The molecule has 1 saturated carbocycles. The minimum atomic E-state index is 0.420. The molecule has 1 aromatic rings. The van der Waals surface area contributed by atoms with Crippen molar-refractivity contribution in [2.45, 2.75) is 26.2 Å². The van der Waals surface area contributed by atoms with Crippen LogP contribution in [0.5, 0.6) is 0 Å². The Kier molecular flexibility index (Phi) is 3.39. The van der Waals surface area contributed by atoms with E-state index in [2.05, 4.69) is 18.3 Å². The van der Waals surface area contributed by atoms with Crippen LogP contribution in [-0.2, 0) is 6.42 Å². The summed E-state index contributed by atoms with van der Waals surface area (Å²) in [5.74, 6) is 0.908. The third kappa shape index (κ3) is 2.74. The molecule has 1 aliphatic carbocycles. The highest BCUT2D eigenvalue weighted by molar-refractivity contribution is 7.16. The summed E-state index contributed by atoms with van der Waals surface area (Å²) in [6.45, 7) is 3.50. The molecule has 15 heavy (non-hydrogen) atoms. The molecule has 1 aliphatic rings. The summed E-state index contributed by atoms with van der Waals surface area (Å²) in [5, 5.41) is 3.33. The molecule has 1 nitrogen and oxygen atoms in total. The molecular formula is C12H18ClNS. The van der Waals surface area contributed by atoms with Gasteiger partial charge in [0.1, 0.15) is 0 Å². The van der Waals surface area contributed by atoms with E-state index in [0.29, 0.717) is 5.41 Å². The van der Waals surface area contributed by atoms with E-state index in [1.807, 2.05) is 13.1 Å². The molecule has 0 bridgehead atoms. The first-order valence-electron chi connectivity index (χ1n) is 5.53. The minimum absolute atomic E-state index is 0.420. The maximum absolute atomic E-state index is 5.96. The van der Waals surface area contributed by atoms with Gasteiger partial charge in [0.2, 0.25) is 0 Å². The first kappa shape index (κ1) is 11.4. The van der Waals surface area contributed by atoms with Crippen LogP contribution in [0.3, 0.4) is 0 Å². The van der Waals surface area contributed by atoms with Crippen molar-refractivity contribution in [3.8, 4) is 0 Å². The van der Waals surface area contributed by atoms with E-state index in [9.17, 15) is 0 Å². The molecule has 2 rings (SSSR count). The zero-order chi connectivity index (χ0) is 10.9. The van der Waals surface area contributed by atoms with Crippen LogP contribution in [0.4, 0.5) is 0 Å². The smallest absolute Gasteiger partial charge is 0.0931 e. The maximum Gasteiger partial charge on any atom is 0.0931 e. The summed E-state index contributed by atoms with van der Waals surface area (Å²) in [6, 6.07) is 4.18. The highest BCUT2D eigenvalue weighted by atomic mass is 35.5. The van der Waals surface area contributed by atoms with Crippen LogP contribution in [0.25, 0.3) is 0 Å². The predicted molar refractivity (Wildman–Crippen MR) is 67.8 cm³/mol. The van der Waals surface area contributed by atoms with Gasteiger partial charge >= 0.3 is 0 Å². The standard InChI is InChI=1S/C12H18ClNS/c1-12(8-14-2,9-3-4-9)7-10-5-6-11(13)15-10/h5-6,9,14H,3-4,7-8H2,1-2H3. The Bertz CT molecular complexity index is 332. The lowest BCUT2D eigenvalue weighted by molar-refractivity contribution is 0.265. The lowest BCUT2D eigenvalue weighted by atomic mass is 9.81. The van der Waals surface area contributed by atoms with E-state index in [4.69, 9.17) is 11.6 Å². The summed E-state index contributed by atoms with van der Waals surface area (Å²) in [7, 11) is 2.04. The normalized spacial score (nSPS) is 20.2. The molecule has 0 aliphatic heterocycles. The van der Waals surface area contributed by atoms with Crippen molar-refractivity contribution in [3.63, 3.8) is 0 Å². The van der Waals surface area contributed by atoms with Gasteiger partial charge in [0, 0.05) is 11.4 Å². The minimum Gasteiger partial charge on any atom is -0.319 e. The molecule has 0 amide bonds. The first-order valence-corrected chi connectivity index (χ1v) is 6.72. The lowest BCUT2D eigenvalue weighted by Crippen LogP contribution is -2.33. The average Bonchev–Trinajstić information content (AvgIpc) is 2.93. The fourth-order valence-corrected chi connectivity index (χ4v) is 3.66. The second kappa shape index (κ2) is 4.44. The van der Waals surface area contributed by atoms with Gasteiger partial charge in [-0.15, -0.1) is 11.3 Å². The van der Waals surface area contributed by atoms with Crippen molar-refractivity contribution >= 4 is 22.9 Å². The van der Waals surface area contributed by atoms with Gasteiger partial charge in [-0.05, 0) is 49.8 Å². The van der Waals surface area contributed by atoms with Gasteiger partial charge in [-0.3, -0.25) is 0 Å². The Morgan fingerprint density at radius 3 is 2.73 bits per heavy atom. The molecule has 1 unspecified atom stereocenters. The highest BCUT2D eigenvalue weighted by Gasteiger charge is 2.41. The van der Waals surface area contributed by atoms with Gasteiger partial charge < -0.3 is 5.32 Å². The molecule has 1 aromatic heterocycles. The molecule has 1 fully saturated rings. The van der Waals surface area contributed by atoms with Crippen LogP contribution >= 0.6 is 22.9 Å². The van der Waals surface area contributed by atoms with E-state index in [1.165, 1.54) is 17.7 Å². The summed E-state index contributed by atoms with van der Waals surface area (Å²) < 4.78 is 0.910. The van der Waals surface area contributed by atoms with Crippen LogP contribution in [0, 0.1) is 11.3 Å². The fraction of sp³-hybridized carbons (Fsp3) is 0.667. The van der Waals surface area contributed by atoms with E-state index < -0.39 is 0 Å². The summed E-state index contributed by atoms with van der Waals surface area (Å²) >= 11 is 7.69. The lowest BCUT2D eigenvalue weighted by Gasteiger charge is -2.29. The van der Waals surface area contributed by atoms with Crippen molar-refractivity contribution < 1.29 is 0 Å². The van der Waals surface area contributed by atoms with Crippen LogP contribution in [0.2, 0.25) is 4.34 Å². The average molecular weight is 244 g/mol. The molecule has 0 saturated heterocycles. The molecule has 0 aromatic carbocycles. The van der Waals surface area contributed by atoms with Crippen molar-refractivity contribution in [2.24, 2.45) is 11.3 Å². The number of rotatable bonds is 5. The number of halogens is 1. The van der Waals surface area contributed by atoms with Crippen LogP contribution in [-0.4, -0.2) is 13.6 Å². The summed E-state index contributed by atoms with van der Waals surface area (Å²) in [6.07, 6.45) is 3.96. The first-order chi connectivity index (χ1) is 7.14. The Morgan fingerprint density at radius 1 is 1.53 bits per heavy atom. The summed E-state index contributed by atoms with van der Waals surface area (Å²) in [4.78, 5) is 1.42. The molecule has 3 heteroatoms. The number of nitrogens with one attached hydrogen (secondary N) is 1. The van der Waals surface area contributed by atoms with Crippen molar-refractivity contribution in [3.05, 3.63) is 21.3 Å². The van der Waals surface area contributed by atoms with Crippen LogP contribution in [0.1, 0.15) is 24.6 Å². The zero-order valence-electron chi connectivity index (χ0n) is 9.35. The third-order valence-electron chi connectivity index (χ3n) is 3.35. The van der Waals surface area contributed by atoms with Gasteiger partial charge in [-0.1, -0.05) is 18.5 Å². The molecule has 1 N–H and O–H groups in total. The SMILES string of the molecule is CNCC(C)(Cc1ccc(Cl)s1)C1CC1. The van der Waals surface area contributed by atoms with Crippen molar-refractivity contribution in [2.75, 3.05) is 13.6 Å². The van der Waals surface area contributed by atoms with Crippen LogP contribution < -0.4 is 5.32 Å². The van der Waals surface area contributed by atoms with Crippen molar-refractivity contribution in [1.29, 1.82) is 0 Å². The molecule has 1 atom stereocenters. The molecule has 0 spiro atoms. The fourth-order valence-electron chi connectivity index (χ4n) is 2.38.